The molecular formula is C31H33N3O6S. The van der Waals surface area contributed by atoms with Gasteiger partial charge in [0.1, 0.15) is 0 Å². The molecule has 1 aliphatic rings. The summed E-state index contributed by atoms with van der Waals surface area (Å²) in [7, 11) is -3.98. The lowest BCUT2D eigenvalue weighted by atomic mass is 9.89. The third-order valence-corrected chi connectivity index (χ3v) is 8.64. The molecule has 0 bridgehead atoms. The van der Waals surface area contributed by atoms with Crippen molar-refractivity contribution < 1.29 is 22.9 Å². The van der Waals surface area contributed by atoms with Gasteiger partial charge in [0.05, 0.1) is 15.4 Å². The molecule has 3 aromatic carbocycles. The summed E-state index contributed by atoms with van der Waals surface area (Å²) in [6.07, 6.45) is 3.62. The van der Waals surface area contributed by atoms with Gasteiger partial charge in [-0.1, -0.05) is 67.9 Å². The predicted molar refractivity (Wildman–Crippen MR) is 157 cm³/mol. The molecule has 2 amide bonds. The first-order valence-electron chi connectivity index (χ1n) is 13.4. The van der Waals surface area contributed by atoms with Gasteiger partial charge in [-0.2, -0.15) is 0 Å². The van der Waals surface area contributed by atoms with Crippen molar-refractivity contribution in [3.8, 4) is 11.1 Å². The molecule has 0 aromatic heterocycles. The molecule has 0 unspecified atom stereocenters. The average Bonchev–Trinajstić information content (AvgIpc) is 2.95. The van der Waals surface area contributed by atoms with Gasteiger partial charge in [-0.05, 0) is 60.6 Å². The van der Waals surface area contributed by atoms with Crippen molar-refractivity contribution in [3.63, 3.8) is 0 Å². The first kappa shape index (κ1) is 29.7. The van der Waals surface area contributed by atoms with Gasteiger partial charge in [0.15, 0.2) is 0 Å². The quantitative estimate of drug-likeness (QED) is 0.216. The van der Waals surface area contributed by atoms with Crippen LogP contribution in [0.25, 0.3) is 17.2 Å². The van der Waals surface area contributed by atoms with Gasteiger partial charge in [0.25, 0.3) is 15.7 Å². The van der Waals surface area contributed by atoms with Crippen LogP contribution in [0.2, 0.25) is 0 Å². The number of aryl methyl sites for hydroxylation is 1. The lowest BCUT2D eigenvalue weighted by Gasteiger charge is -2.30. The highest BCUT2D eigenvalue weighted by Gasteiger charge is 2.30. The summed E-state index contributed by atoms with van der Waals surface area (Å²) in [5.74, 6) is -1.28. The fraction of sp³-hybridized carbons (Fsp3) is 0.290. The number of nitro benzene ring substituents is 1. The standard InChI is InChI=1S/C31H33N3O6S/c1-21(2)26-8-4-5-9-27(26)30-23(7-6-10-28(30)34(37)38)13-16-29(35)33-19-17-24(18-20-33)31(36)32-41(39,40)25-14-11-22(3)12-15-25/h4-16,21,24H,17-20H2,1-3H3,(H,32,36)/b16-13+. The molecule has 0 radical (unpaired) electrons. The Labute approximate surface area is 240 Å². The number of nitro groups is 1. The van der Waals surface area contributed by atoms with Gasteiger partial charge in [-0.15, -0.1) is 0 Å². The van der Waals surface area contributed by atoms with E-state index in [0.29, 0.717) is 24.0 Å². The molecule has 10 heteroatoms. The number of likely N-dealkylation sites (tertiary alicyclic amines) is 1. The number of hydrogen-bond acceptors (Lipinski definition) is 6. The van der Waals surface area contributed by atoms with Crippen LogP contribution in [-0.2, 0) is 19.6 Å². The van der Waals surface area contributed by atoms with Gasteiger partial charge in [0, 0.05) is 31.1 Å². The van der Waals surface area contributed by atoms with E-state index in [-0.39, 0.29) is 35.5 Å². The van der Waals surface area contributed by atoms with Gasteiger partial charge in [-0.25, -0.2) is 13.1 Å². The second-order valence-electron chi connectivity index (χ2n) is 10.5. The van der Waals surface area contributed by atoms with E-state index in [1.165, 1.54) is 24.3 Å². The molecule has 1 heterocycles. The molecule has 1 N–H and O–H groups in total. The zero-order chi connectivity index (χ0) is 29.7. The third-order valence-electron chi connectivity index (χ3n) is 7.27. The van der Waals surface area contributed by atoms with Crippen molar-refractivity contribution >= 4 is 33.6 Å². The number of carbonyl (C=O) groups excluding carboxylic acids is 2. The average molecular weight is 576 g/mol. The highest BCUT2D eigenvalue weighted by atomic mass is 32.2. The molecule has 0 spiro atoms. The summed E-state index contributed by atoms with van der Waals surface area (Å²) in [5, 5.41) is 11.9. The second-order valence-corrected chi connectivity index (χ2v) is 12.1. The number of piperidine rings is 1. The Bertz CT molecular complexity index is 1590. The maximum atomic E-state index is 13.0. The Morgan fingerprint density at radius 3 is 2.29 bits per heavy atom. The van der Waals surface area contributed by atoms with Crippen LogP contribution in [0.1, 0.15) is 49.3 Å². The number of benzene rings is 3. The first-order chi connectivity index (χ1) is 19.5. The lowest BCUT2D eigenvalue weighted by molar-refractivity contribution is -0.384. The minimum absolute atomic E-state index is 0.0192. The molecule has 1 saturated heterocycles. The molecule has 9 nitrogen and oxygen atoms in total. The summed E-state index contributed by atoms with van der Waals surface area (Å²) in [6, 6.07) is 18.6. The number of rotatable bonds is 8. The van der Waals surface area contributed by atoms with E-state index in [9.17, 15) is 28.1 Å². The van der Waals surface area contributed by atoms with E-state index >= 15 is 0 Å². The van der Waals surface area contributed by atoms with E-state index in [0.717, 1.165) is 16.7 Å². The topological polar surface area (TPSA) is 127 Å². The van der Waals surface area contributed by atoms with E-state index in [1.807, 2.05) is 45.0 Å². The van der Waals surface area contributed by atoms with E-state index in [4.69, 9.17) is 0 Å². The van der Waals surface area contributed by atoms with E-state index in [2.05, 4.69) is 4.72 Å². The molecule has 214 valence electrons. The summed E-state index contributed by atoms with van der Waals surface area (Å²) < 4.78 is 27.4. The van der Waals surface area contributed by atoms with Gasteiger partial charge >= 0.3 is 0 Å². The number of nitrogens with zero attached hydrogens (tertiary/aromatic N) is 2. The van der Waals surface area contributed by atoms with Crippen molar-refractivity contribution in [2.75, 3.05) is 13.1 Å². The molecule has 1 aliphatic heterocycles. The van der Waals surface area contributed by atoms with Gasteiger partial charge < -0.3 is 4.90 Å². The van der Waals surface area contributed by atoms with E-state index < -0.39 is 26.8 Å². The van der Waals surface area contributed by atoms with Crippen molar-refractivity contribution in [1.82, 2.24) is 9.62 Å². The van der Waals surface area contributed by atoms with Crippen LogP contribution in [0.3, 0.4) is 0 Å². The summed E-state index contributed by atoms with van der Waals surface area (Å²) in [6.45, 7) is 6.45. The van der Waals surface area contributed by atoms with Crippen LogP contribution >= 0.6 is 0 Å². The Hall–Kier alpha value is -4.31. The van der Waals surface area contributed by atoms with Crippen LogP contribution < -0.4 is 4.72 Å². The summed E-state index contributed by atoms with van der Waals surface area (Å²) >= 11 is 0. The molecule has 0 saturated carbocycles. The third kappa shape index (κ3) is 6.89. The fourth-order valence-electron chi connectivity index (χ4n) is 4.99. The van der Waals surface area contributed by atoms with Crippen molar-refractivity contribution in [2.45, 2.75) is 44.4 Å². The van der Waals surface area contributed by atoms with Gasteiger partial charge in [-0.3, -0.25) is 19.7 Å². The highest BCUT2D eigenvalue weighted by Crippen LogP contribution is 2.38. The second kappa shape index (κ2) is 12.5. The van der Waals surface area contributed by atoms with Crippen molar-refractivity contribution in [2.24, 2.45) is 5.92 Å². The number of carbonyl (C=O) groups is 2. The van der Waals surface area contributed by atoms with Crippen LogP contribution in [0.4, 0.5) is 5.69 Å². The predicted octanol–water partition coefficient (Wildman–Crippen LogP) is 5.45. The zero-order valence-electron chi connectivity index (χ0n) is 23.2. The van der Waals surface area contributed by atoms with Crippen LogP contribution in [0, 0.1) is 23.0 Å². The Morgan fingerprint density at radius 2 is 1.66 bits per heavy atom. The minimum Gasteiger partial charge on any atom is -0.339 e. The smallest absolute Gasteiger partial charge is 0.277 e. The molecule has 41 heavy (non-hydrogen) atoms. The van der Waals surface area contributed by atoms with E-state index in [1.54, 1.807) is 35.2 Å². The summed E-state index contributed by atoms with van der Waals surface area (Å²) in [4.78, 5) is 38.9. The Balaban J connectivity index is 1.46. The first-order valence-corrected chi connectivity index (χ1v) is 14.9. The highest BCUT2D eigenvalue weighted by molar-refractivity contribution is 7.90. The number of amides is 2. The zero-order valence-corrected chi connectivity index (χ0v) is 24.1. The Kier molecular flexibility index (Phi) is 9.02. The molecule has 0 aliphatic carbocycles. The molecular weight excluding hydrogens is 542 g/mol. The largest absolute Gasteiger partial charge is 0.339 e. The number of nitrogens with one attached hydrogen (secondary N) is 1. The maximum Gasteiger partial charge on any atom is 0.277 e. The minimum atomic E-state index is -3.98. The number of hydrogen-bond donors (Lipinski definition) is 1. The summed E-state index contributed by atoms with van der Waals surface area (Å²) in [5.41, 5.74) is 3.58. The normalized spacial score (nSPS) is 14.4. The van der Waals surface area contributed by atoms with Crippen LogP contribution in [0.15, 0.2) is 77.7 Å². The van der Waals surface area contributed by atoms with Crippen molar-refractivity contribution in [1.29, 1.82) is 0 Å². The Morgan fingerprint density at radius 1 is 1.00 bits per heavy atom. The lowest BCUT2D eigenvalue weighted by Crippen LogP contribution is -2.43. The SMILES string of the molecule is Cc1ccc(S(=O)(=O)NC(=O)C2CCN(C(=O)/C=C/c3cccc([N+](=O)[O-])c3-c3ccccc3C(C)C)CC2)cc1. The fourth-order valence-corrected chi connectivity index (χ4v) is 6.03. The van der Waals surface area contributed by atoms with Crippen LogP contribution in [-0.4, -0.2) is 43.1 Å². The molecule has 0 atom stereocenters. The van der Waals surface area contributed by atoms with Crippen molar-refractivity contribution in [3.05, 3.63) is 99.6 Å². The number of sulfonamides is 1. The van der Waals surface area contributed by atoms with Crippen LogP contribution in [0.5, 0.6) is 0 Å². The molecule has 3 aromatic rings. The molecule has 1 fully saturated rings. The monoisotopic (exact) mass is 575 g/mol. The molecule has 4 rings (SSSR count). The maximum absolute atomic E-state index is 13.0. The van der Waals surface area contributed by atoms with Gasteiger partial charge in [0.2, 0.25) is 11.8 Å².